The highest BCUT2D eigenvalue weighted by atomic mass is 35.5. The van der Waals surface area contributed by atoms with E-state index in [-0.39, 0.29) is 5.84 Å². The average Bonchev–Trinajstić information content (AvgIpc) is 2.94. The molecule has 0 aliphatic carbocycles. The number of hydrogen-bond donors (Lipinski definition) is 2. The second-order valence-electron chi connectivity index (χ2n) is 5.35. The van der Waals surface area contributed by atoms with Gasteiger partial charge in [0.2, 0.25) is 0 Å². The van der Waals surface area contributed by atoms with Crippen molar-refractivity contribution in [2.45, 2.75) is 13.0 Å². The number of benzene rings is 2. The van der Waals surface area contributed by atoms with Crippen molar-refractivity contribution < 1.29 is 0 Å². The third kappa shape index (κ3) is 3.60. The summed E-state index contributed by atoms with van der Waals surface area (Å²) in [6.07, 6.45) is 4.43. The normalized spacial score (nSPS) is 10.7. The minimum atomic E-state index is 0.0807. The summed E-state index contributed by atoms with van der Waals surface area (Å²) in [5, 5.41) is 8.42. The van der Waals surface area contributed by atoms with Crippen LogP contribution in [0.4, 0.5) is 0 Å². The number of imidazole rings is 1. The van der Waals surface area contributed by atoms with E-state index in [0.717, 1.165) is 27.5 Å². The van der Waals surface area contributed by atoms with Crippen molar-refractivity contribution in [2.75, 3.05) is 0 Å². The molecular weight excluding hydrogens is 308 g/mol. The number of nitrogens with one attached hydrogen (secondary N) is 1. The molecule has 23 heavy (non-hydrogen) atoms. The van der Waals surface area contributed by atoms with Crippen LogP contribution in [0.3, 0.4) is 0 Å². The number of nitrogen functional groups attached to an aromatic ring is 1. The van der Waals surface area contributed by atoms with Crippen molar-refractivity contribution in [3.05, 3.63) is 88.5 Å². The smallest absolute Gasteiger partial charge is 0.123 e. The molecule has 1 heterocycles. The predicted octanol–water partition coefficient (Wildman–Crippen LogP) is 3.46. The number of amidine groups is 1. The molecule has 0 spiro atoms. The number of hydrogen-bond acceptors (Lipinski definition) is 2. The zero-order chi connectivity index (χ0) is 16.2. The highest BCUT2D eigenvalue weighted by molar-refractivity contribution is 6.30. The van der Waals surface area contributed by atoms with Gasteiger partial charge in [-0.3, -0.25) is 5.41 Å². The van der Waals surface area contributed by atoms with Gasteiger partial charge >= 0.3 is 0 Å². The van der Waals surface area contributed by atoms with E-state index in [4.69, 9.17) is 22.7 Å². The second kappa shape index (κ2) is 6.67. The molecule has 116 valence electrons. The summed E-state index contributed by atoms with van der Waals surface area (Å²) in [7, 11) is 0. The quantitative estimate of drug-likeness (QED) is 0.557. The molecule has 0 amide bonds. The van der Waals surface area contributed by atoms with Crippen molar-refractivity contribution in [1.82, 2.24) is 9.55 Å². The number of nitrogens with two attached hydrogens (primary N) is 1. The highest BCUT2D eigenvalue weighted by Gasteiger charge is 2.09. The fraction of sp³-hybridized carbons (Fsp3) is 0.111. The third-order valence-electron chi connectivity index (χ3n) is 3.70. The maximum Gasteiger partial charge on any atom is 0.123 e. The van der Waals surface area contributed by atoms with Gasteiger partial charge in [0.05, 0.1) is 0 Å². The highest BCUT2D eigenvalue weighted by Crippen LogP contribution is 2.16. The third-order valence-corrected chi connectivity index (χ3v) is 3.94. The summed E-state index contributed by atoms with van der Waals surface area (Å²) in [5.41, 5.74) is 8.55. The molecule has 3 N–H and O–H groups in total. The second-order valence-corrected chi connectivity index (χ2v) is 5.79. The molecule has 0 saturated heterocycles. The van der Waals surface area contributed by atoms with Gasteiger partial charge in [0.15, 0.2) is 0 Å². The molecule has 0 bridgehead atoms. The molecule has 0 atom stereocenters. The lowest BCUT2D eigenvalue weighted by atomic mass is 10.1. The molecule has 2 aromatic carbocycles. The standard InChI is InChI=1S/C18H17ClN4/c19-15-6-3-4-13(10-15)11-17-22-8-9-23(17)12-14-5-1-2-7-16(14)18(20)21/h1-10H,11-12H2,(H3,20,21). The molecule has 0 aliphatic rings. The minimum absolute atomic E-state index is 0.0807. The van der Waals surface area contributed by atoms with Gasteiger partial charge in [-0.1, -0.05) is 48.0 Å². The van der Waals surface area contributed by atoms with E-state index < -0.39 is 0 Å². The van der Waals surface area contributed by atoms with Gasteiger partial charge in [-0.25, -0.2) is 4.98 Å². The summed E-state index contributed by atoms with van der Waals surface area (Å²) in [5.74, 6) is 1.03. The Labute approximate surface area is 140 Å². The zero-order valence-corrected chi connectivity index (χ0v) is 13.3. The summed E-state index contributed by atoms with van der Waals surface area (Å²) >= 11 is 6.05. The summed E-state index contributed by atoms with van der Waals surface area (Å²) < 4.78 is 2.07. The number of nitrogens with zero attached hydrogens (tertiary/aromatic N) is 2. The fourth-order valence-corrected chi connectivity index (χ4v) is 2.80. The van der Waals surface area contributed by atoms with E-state index in [1.807, 2.05) is 54.7 Å². The van der Waals surface area contributed by atoms with Gasteiger partial charge in [0.25, 0.3) is 0 Å². The molecule has 3 rings (SSSR count). The Hall–Kier alpha value is -2.59. The van der Waals surface area contributed by atoms with E-state index in [9.17, 15) is 0 Å². The number of aromatic nitrogens is 2. The first kappa shape index (κ1) is 15.3. The molecule has 3 aromatic rings. The van der Waals surface area contributed by atoms with E-state index >= 15 is 0 Å². The van der Waals surface area contributed by atoms with Crippen molar-refractivity contribution in [2.24, 2.45) is 5.73 Å². The first-order chi connectivity index (χ1) is 11.1. The van der Waals surface area contributed by atoms with Gasteiger partial charge in [0.1, 0.15) is 11.7 Å². The lowest BCUT2D eigenvalue weighted by Gasteiger charge is -2.11. The van der Waals surface area contributed by atoms with Gasteiger partial charge in [0, 0.05) is 35.9 Å². The van der Waals surface area contributed by atoms with Gasteiger partial charge in [-0.05, 0) is 23.3 Å². The Morgan fingerprint density at radius 1 is 1.17 bits per heavy atom. The Balaban J connectivity index is 1.86. The molecular formula is C18H17ClN4. The SMILES string of the molecule is N=C(N)c1ccccc1Cn1ccnc1Cc1cccc(Cl)c1. The number of halogens is 1. The van der Waals surface area contributed by atoms with E-state index in [0.29, 0.717) is 13.0 Å². The molecule has 0 unspecified atom stereocenters. The van der Waals surface area contributed by atoms with Crippen LogP contribution < -0.4 is 5.73 Å². The number of rotatable bonds is 5. The minimum Gasteiger partial charge on any atom is -0.384 e. The Kier molecular flexibility index (Phi) is 4.44. The van der Waals surface area contributed by atoms with Crippen LogP contribution in [0.5, 0.6) is 0 Å². The van der Waals surface area contributed by atoms with Crippen molar-refractivity contribution in [3.63, 3.8) is 0 Å². The summed E-state index contributed by atoms with van der Waals surface area (Å²) in [4.78, 5) is 4.45. The molecule has 1 aromatic heterocycles. The molecule has 0 saturated carbocycles. The van der Waals surface area contributed by atoms with Crippen LogP contribution in [-0.2, 0) is 13.0 Å². The lowest BCUT2D eigenvalue weighted by molar-refractivity contribution is 0.739. The maximum atomic E-state index is 7.70. The molecule has 5 heteroatoms. The summed E-state index contributed by atoms with van der Waals surface area (Å²) in [6.45, 7) is 0.631. The topological polar surface area (TPSA) is 67.7 Å². The molecule has 0 radical (unpaired) electrons. The molecule has 0 aliphatic heterocycles. The van der Waals surface area contributed by atoms with E-state index in [2.05, 4.69) is 9.55 Å². The Bertz CT molecular complexity index is 838. The van der Waals surface area contributed by atoms with Crippen LogP contribution in [0, 0.1) is 5.41 Å². The maximum absolute atomic E-state index is 7.70. The van der Waals surface area contributed by atoms with Crippen LogP contribution in [0.1, 0.15) is 22.5 Å². The molecule has 0 fully saturated rings. The molecule has 4 nitrogen and oxygen atoms in total. The Morgan fingerprint density at radius 2 is 2.00 bits per heavy atom. The van der Waals surface area contributed by atoms with Crippen molar-refractivity contribution in [3.8, 4) is 0 Å². The van der Waals surface area contributed by atoms with Crippen LogP contribution >= 0.6 is 11.6 Å². The first-order valence-electron chi connectivity index (χ1n) is 7.30. The largest absolute Gasteiger partial charge is 0.384 e. The van der Waals surface area contributed by atoms with Crippen molar-refractivity contribution in [1.29, 1.82) is 5.41 Å². The first-order valence-corrected chi connectivity index (χ1v) is 7.68. The van der Waals surface area contributed by atoms with Gasteiger partial charge in [-0.15, -0.1) is 0 Å². The lowest BCUT2D eigenvalue weighted by Crippen LogP contribution is -2.15. The van der Waals surface area contributed by atoms with E-state index in [1.54, 1.807) is 6.20 Å². The van der Waals surface area contributed by atoms with Crippen LogP contribution in [0.25, 0.3) is 0 Å². The Morgan fingerprint density at radius 3 is 2.78 bits per heavy atom. The van der Waals surface area contributed by atoms with Crippen LogP contribution in [-0.4, -0.2) is 15.4 Å². The van der Waals surface area contributed by atoms with Gasteiger partial charge in [-0.2, -0.15) is 0 Å². The summed E-state index contributed by atoms with van der Waals surface area (Å²) in [6, 6.07) is 15.5. The zero-order valence-electron chi connectivity index (χ0n) is 12.5. The monoisotopic (exact) mass is 324 g/mol. The average molecular weight is 325 g/mol. The van der Waals surface area contributed by atoms with Crippen LogP contribution in [0.15, 0.2) is 60.9 Å². The van der Waals surface area contributed by atoms with Crippen molar-refractivity contribution >= 4 is 17.4 Å². The van der Waals surface area contributed by atoms with Gasteiger partial charge < -0.3 is 10.3 Å². The van der Waals surface area contributed by atoms with Crippen LogP contribution in [0.2, 0.25) is 5.02 Å². The van der Waals surface area contributed by atoms with E-state index in [1.165, 1.54) is 0 Å². The fourth-order valence-electron chi connectivity index (χ4n) is 2.59. The predicted molar refractivity (Wildman–Crippen MR) is 93.0 cm³/mol.